The van der Waals surface area contributed by atoms with Crippen molar-refractivity contribution < 1.29 is 9.59 Å². The van der Waals surface area contributed by atoms with E-state index in [2.05, 4.69) is 4.98 Å². The predicted octanol–water partition coefficient (Wildman–Crippen LogP) is 2.86. The number of carbonyl (C=O) groups is 2. The molecule has 1 aromatic rings. The van der Waals surface area contributed by atoms with Gasteiger partial charge in [0, 0.05) is 44.1 Å². The normalized spacial score (nSPS) is 27.9. The first-order valence-corrected chi connectivity index (χ1v) is 10.00. The number of likely N-dealkylation sites (tertiary alicyclic amines) is 1. The Kier molecular flexibility index (Phi) is 4.72. The van der Waals surface area contributed by atoms with E-state index >= 15 is 0 Å². The van der Waals surface area contributed by atoms with Crippen LogP contribution < -0.4 is 0 Å². The molecule has 3 fully saturated rings. The van der Waals surface area contributed by atoms with Gasteiger partial charge in [-0.25, -0.2) is 0 Å². The van der Waals surface area contributed by atoms with Crippen LogP contribution in [0.1, 0.15) is 50.6 Å². The van der Waals surface area contributed by atoms with Crippen LogP contribution in [-0.4, -0.2) is 46.7 Å². The minimum atomic E-state index is 0.0563. The maximum atomic E-state index is 12.8. The van der Waals surface area contributed by atoms with Gasteiger partial charge in [-0.3, -0.25) is 14.6 Å². The second-order valence-electron chi connectivity index (χ2n) is 8.55. The lowest BCUT2D eigenvalue weighted by Crippen LogP contribution is -2.32. The molecule has 1 aliphatic heterocycles. The zero-order chi connectivity index (χ0) is 18.1. The molecular formula is C21H29N3O2. The van der Waals surface area contributed by atoms with E-state index in [1.807, 2.05) is 30.1 Å². The summed E-state index contributed by atoms with van der Waals surface area (Å²) in [5.41, 5.74) is 0.971. The summed E-state index contributed by atoms with van der Waals surface area (Å²) >= 11 is 0. The summed E-state index contributed by atoms with van der Waals surface area (Å²) in [5, 5.41) is 0. The van der Waals surface area contributed by atoms with E-state index in [0.29, 0.717) is 24.8 Å². The molecule has 0 radical (unpaired) electrons. The highest BCUT2D eigenvalue weighted by atomic mass is 16.2. The van der Waals surface area contributed by atoms with Gasteiger partial charge in [0.2, 0.25) is 11.8 Å². The number of amides is 2. The molecule has 2 atom stereocenters. The summed E-state index contributed by atoms with van der Waals surface area (Å²) in [5.74, 6) is 1.20. The van der Waals surface area contributed by atoms with Crippen molar-refractivity contribution in [2.75, 3.05) is 20.1 Å². The van der Waals surface area contributed by atoms with E-state index in [0.717, 1.165) is 31.6 Å². The summed E-state index contributed by atoms with van der Waals surface area (Å²) in [6, 6.07) is 5.78. The fourth-order valence-corrected chi connectivity index (χ4v) is 4.93. The number of nitrogens with zero attached hydrogens (tertiary/aromatic N) is 3. The zero-order valence-electron chi connectivity index (χ0n) is 15.7. The van der Waals surface area contributed by atoms with Crippen molar-refractivity contribution >= 4 is 11.8 Å². The third-order valence-corrected chi connectivity index (χ3v) is 6.67. The molecule has 4 rings (SSSR count). The topological polar surface area (TPSA) is 53.5 Å². The smallest absolute Gasteiger partial charge is 0.226 e. The average Bonchev–Trinajstić information content (AvgIpc) is 2.98. The molecule has 2 aliphatic carbocycles. The summed E-state index contributed by atoms with van der Waals surface area (Å²) in [4.78, 5) is 33.5. The Morgan fingerprint density at radius 3 is 2.85 bits per heavy atom. The summed E-state index contributed by atoms with van der Waals surface area (Å²) in [6.45, 7) is 2.17. The first kappa shape index (κ1) is 17.5. The van der Waals surface area contributed by atoms with Crippen molar-refractivity contribution in [3.8, 4) is 0 Å². The van der Waals surface area contributed by atoms with Gasteiger partial charge in [0.15, 0.2) is 0 Å². The van der Waals surface area contributed by atoms with Crippen molar-refractivity contribution in [3.63, 3.8) is 0 Å². The van der Waals surface area contributed by atoms with Crippen LogP contribution >= 0.6 is 0 Å². The minimum Gasteiger partial charge on any atom is -0.342 e. The number of hydrogen-bond acceptors (Lipinski definition) is 3. The molecule has 3 aliphatic rings. The van der Waals surface area contributed by atoms with Crippen LogP contribution in [0.15, 0.2) is 24.4 Å². The number of carbonyl (C=O) groups excluding carboxylic acids is 2. The zero-order valence-corrected chi connectivity index (χ0v) is 15.7. The molecule has 2 saturated carbocycles. The van der Waals surface area contributed by atoms with Crippen LogP contribution in [0.2, 0.25) is 0 Å². The molecule has 5 heteroatoms. The van der Waals surface area contributed by atoms with Gasteiger partial charge in [-0.05, 0) is 43.7 Å². The first-order valence-electron chi connectivity index (χ1n) is 10.00. The second kappa shape index (κ2) is 7.01. The Hall–Kier alpha value is -1.91. The Bertz CT molecular complexity index is 671. The standard InChI is InChI=1S/C21H29N3O2/c1-23(14-17-8-4-5-10-22-17)20(26)18-13-21(18)9-11-24(15-21)19(25)12-16-6-2-3-7-16/h4-5,8,10,16,18H,2-3,6-7,9,11-15H2,1H3/t18-,21+/m0/s1. The molecule has 1 aromatic heterocycles. The molecule has 2 amide bonds. The fraction of sp³-hybridized carbons (Fsp3) is 0.667. The van der Waals surface area contributed by atoms with Gasteiger partial charge in [-0.2, -0.15) is 0 Å². The molecule has 5 nitrogen and oxygen atoms in total. The molecule has 1 spiro atoms. The Balaban J connectivity index is 1.29. The maximum Gasteiger partial charge on any atom is 0.226 e. The van der Waals surface area contributed by atoms with Gasteiger partial charge in [0.1, 0.15) is 0 Å². The third kappa shape index (κ3) is 3.49. The average molecular weight is 355 g/mol. The minimum absolute atomic E-state index is 0.0563. The van der Waals surface area contributed by atoms with Crippen molar-refractivity contribution in [2.24, 2.45) is 17.3 Å². The number of rotatable bonds is 5. The Morgan fingerprint density at radius 1 is 1.31 bits per heavy atom. The van der Waals surface area contributed by atoms with Gasteiger partial charge in [-0.15, -0.1) is 0 Å². The van der Waals surface area contributed by atoms with Gasteiger partial charge < -0.3 is 9.80 Å². The van der Waals surface area contributed by atoms with E-state index < -0.39 is 0 Å². The summed E-state index contributed by atoms with van der Waals surface area (Å²) in [7, 11) is 1.86. The first-order chi connectivity index (χ1) is 12.6. The highest BCUT2D eigenvalue weighted by molar-refractivity contribution is 5.83. The van der Waals surface area contributed by atoms with E-state index in [9.17, 15) is 9.59 Å². The number of aromatic nitrogens is 1. The lowest BCUT2D eigenvalue weighted by Gasteiger charge is -2.20. The van der Waals surface area contributed by atoms with Gasteiger partial charge in [-0.1, -0.05) is 18.9 Å². The predicted molar refractivity (Wildman–Crippen MR) is 99.0 cm³/mol. The van der Waals surface area contributed by atoms with Crippen molar-refractivity contribution in [3.05, 3.63) is 30.1 Å². The molecule has 0 N–H and O–H groups in total. The molecule has 0 aromatic carbocycles. The lowest BCUT2D eigenvalue weighted by atomic mass is 10.0. The van der Waals surface area contributed by atoms with Gasteiger partial charge >= 0.3 is 0 Å². The molecule has 0 bridgehead atoms. The lowest BCUT2D eigenvalue weighted by molar-refractivity contribution is -0.134. The molecule has 140 valence electrons. The van der Waals surface area contributed by atoms with Gasteiger partial charge in [0.25, 0.3) is 0 Å². The molecule has 26 heavy (non-hydrogen) atoms. The molecule has 1 saturated heterocycles. The fourth-order valence-electron chi connectivity index (χ4n) is 4.93. The number of pyridine rings is 1. The van der Waals surface area contributed by atoms with E-state index in [1.165, 1.54) is 25.7 Å². The molecular weight excluding hydrogens is 326 g/mol. The van der Waals surface area contributed by atoms with Crippen LogP contribution in [0.25, 0.3) is 0 Å². The molecule has 0 unspecified atom stereocenters. The summed E-state index contributed by atoms with van der Waals surface area (Å²) < 4.78 is 0. The van der Waals surface area contributed by atoms with Crippen LogP contribution in [0.5, 0.6) is 0 Å². The largest absolute Gasteiger partial charge is 0.342 e. The Labute approximate surface area is 155 Å². The Morgan fingerprint density at radius 2 is 2.12 bits per heavy atom. The number of hydrogen-bond donors (Lipinski definition) is 0. The van der Waals surface area contributed by atoms with E-state index in [4.69, 9.17) is 0 Å². The van der Waals surface area contributed by atoms with Crippen LogP contribution in [0, 0.1) is 17.3 Å². The van der Waals surface area contributed by atoms with Crippen LogP contribution in [-0.2, 0) is 16.1 Å². The maximum absolute atomic E-state index is 12.8. The van der Waals surface area contributed by atoms with Crippen LogP contribution in [0.4, 0.5) is 0 Å². The van der Waals surface area contributed by atoms with Crippen molar-refractivity contribution in [2.45, 2.75) is 51.5 Å². The van der Waals surface area contributed by atoms with Gasteiger partial charge in [0.05, 0.1) is 12.2 Å². The second-order valence-corrected chi connectivity index (χ2v) is 8.55. The monoisotopic (exact) mass is 355 g/mol. The highest BCUT2D eigenvalue weighted by Crippen LogP contribution is 2.59. The van der Waals surface area contributed by atoms with Crippen molar-refractivity contribution in [1.29, 1.82) is 0 Å². The SMILES string of the molecule is CN(Cc1ccccn1)C(=O)[C@@H]1C[C@@]12CCN(C(=O)CC1CCCC1)C2. The molecule has 2 heterocycles. The quantitative estimate of drug-likeness (QED) is 0.816. The van der Waals surface area contributed by atoms with E-state index in [-0.39, 0.29) is 17.2 Å². The summed E-state index contributed by atoms with van der Waals surface area (Å²) in [6.07, 6.45) is 9.38. The van der Waals surface area contributed by atoms with Crippen molar-refractivity contribution in [1.82, 2.24) is 14.8 Å². The van der Waals surface area contributed by atoms with E-state index in [1.54, 1.807) is 11.1 Å². The third-order valence-electron chi connectivity index (χ3n) is 6.67. The van der Waals surface area contributed by atoms with Crippen LogP contribution in [0.3, 0.4) is 0 Å². The highest BCUT2D eigenvalue weighted by Gasteiger charge is 2.61.